The van der Waals surface area contributed by atoms with Gasteiger partial charge < -0.3 is 11.1 Å². The molecule has 17 heavy (non-hydrogen) atoms. The lowest BCUT2D eigenvalue weighted by Crippen LogP contribution is -2.50. The van der Waals surface area contributed by atoms with Crippen LogP contribution in [0.4, 0.5) is 0 Å². The number of unbranched alkanes of at least 4 members (excludes halogenated alkanes) is 1. The molecular weight excluding hydrogens is 213 g/mol. The Labute approximate surface area is 103 Å². The van der Waals surface area contributed by atoms with Crippen LogP contribution in [0.3, 0.4) is 0 Å². The lowest BCUT2D eigenvalue weighted by molar-refractivity contribution is -0.126. The number of rotatable bonds is 5. The Bertz CT molecular complexity index is 397. The normalized spacial score (nSPS) is 14.1. The van der Waals surface area contributed by atoms with Crippen molar-refractivity contribution in [3.8, 4) is 0 Å². The van der Waals surface area contributed by atoms with Crippen LogP contribution in [0.15, 0.2) is 18.5 Å². The van der Waals surface area contributed by atoms with Crippen molar-refractivity contribution in [2.45, 2.75) is 31.7 Å². The molecular formula is C12H20BN3O. The van der Waals surface area contributed by atoms with Crippen LogP contribution in [0.1, 0.15) is 31.7 Å². The molecule has 0 aliphatic rings. The highest BCUT2D eigenvalue weighted by atomic mass is 16.2. The molecule has 5 heteroatoms. The molecule has 1 aromatic heterocycles. The maximum atomic E-state index is 12.0. The zero-order valence-corrected chi connectivity index (χ0v) is 10.8. The van der Waals surface area contributed by atoms with Crippen molar-refractivity contribution < 1.29 is 4.79 Å². The maximum absolute atomic E-state index is 12.0. The first kappa shape index (κ1) is 13.7. The Balaban J connectivity index is 3.09. The van der Waals surface area contributed by atoms with E-state index in [1.54, 1.807) is 19.4 Å². The highest BCUT2D eigenvalue weighted by Crippen LogP contribution is 2.23. The molecule has 92 valence electrons. The van der Waals surface area contributed by atoms with Gasteiger partial charge in [0, 0.05) is 19.4 Å². The maximum Gasteiger partial charge on any atom is 0.244 e. The van der Waals surface area contributed by atoms with Crippen molar-refractivity contribution in [1.82, 2.24) is 10.3 Å². The van der Waals surface area contributed by atoms with E-state index in [-0.39, 0.29) is 5.91 Å². The van der Waals surface area contributed by atoms with Crippen molar-refractivity contribution >= 4 is 19.2 Å². The molecule has 0 aliphatic carbocycles. The van der Waals surface area contributed by atoms with Crippen molar-refractivity contribution in [3.63, 3.8) is 0 Å². The summed E-state index contributed by atoms with van der Waals surface area (Å²) in [6.07, 6.45) is 5.99. The molecule has 0 saturated heterocycles. The molecule has 0 saturated carbocycles. The van der Waals surface area contributed by atoms with Gasteiger partial charge in [0.15, 0.2) is 0 Å². The Morgan fingerprint density at radius 1 is 1.59 bits per heavy atom. The number of hydrogen-bond donors (Lipinski definition) is 2. The molecule has 4 nitrogen and oxygen atoms in total. The number of carbonyl (C=O) groups is 1. The first-order chi connectivity index (χ1) is 8.04. The lowest BCUT2D eigenvalue weighted by atomic mass is 9.83. The summed E-state index contributed by atoms with van der Waals surface area (Å²) in [5, 5.41) is 2.64. The summed E-state index contributed by atoms with van der Waals surface area (Å²) < 4.78 is 0. The average Bonchev–Trinajstić information content (AvgIpc) is 2.34. The van der Waals surface area contributed by atoms with Crippen LogP contribution in [0.25, 0.3) is 0 Å². The molecule has 1 amide bonds. The highest BCUT2D eigenvalue weighted by molar-refractivity contribution is 6.32. The van der Waals surface area contributed by atoms with Gasteiger partial charge in [-0.1, -0.05) is 31.3 Å². The van der Waals surface area contributed by atoms with Gasteiger partial charge >= 0.3 is 0 Å². The van der Waals surface area contributed by atoms with Crippen LogP contribution in [0.2, 0.25) is 0 Å². The first-order valence-electron chi connectivity index (χ1n) is 5.97. The van der Waals surface area contributed by atoms with Gasteiger partial charge in [0.05, 0.1) is 0 Å². The number of nitrogens with one attached hydrogen (secondary N) is 1. The number of likely N-dealkylation sites (N-methyl/N-ethyl adjacent to an activating group) is 1. The van der Waals surface area contributed by atoms with Gasteiger partial charge in [0.1, 0.15) is 13.4 Å². The lowest BCUT2D eigenvalue weighted by Gasteiger charge is -2.28. The Morgan fingerprint density at radius 3 is 2.82 bits per heavy atom. The number of amides is 1. The zero-order valence-electron chi connectivity index (χ0n) is 10.8. The molecule has 0 fully saturated rings. The minimum Gasteiger partial charge on any atom is -0.357 e. The van der Waals surface area contributed by atoms with Crippen LogP contribution in [0.5, 0.6) is 0 Å². The third-order valence-electron chi connectivity index (χ3n) is 2.95. The summed E-state index contributed by atoms with van der Waals surface area (Å²) in [7, 11) is 3.56. The number of aromatic nitrogens is 1. The highest BCUT2D eigenvalue weighted by Gasteiger charge is 2.34. The second kappa shape index (κ2) is 5.82. The summed E-state index contributed by atoms with van der Waals surface area (Å²) >= 11 is 0. The van der Waals surface area contributed by atoms with E-state index >= 15 is 0 Å². The van der Waals surface area contributed by atoms with Crippen LogP contribution >= 0.6 is 0 Å². The van der Waals surface area contributed by atoms with E-state index in [1.165, 1.54) is 0 Å². The molecule has 0 radical (unpaired) electrons. The van der Waals surface area contributed by atoms with Crippen molar-refractivity contribution in [1.29, 1.82) is 0 Å². The van der Waals surface area contributed by atoms with E-state index in [0.29, 0.717) is 6.42 Å². The minimum atomic E-state index is -0.968. The van der Waals surface area contributed by atoms with Gasteiger partial charge in [-0.15, -0.1) is 0 Å². The largest absolute Gasteiger partial charge is 0.357 e. The van der Waals surface area contributed by atoms with Gasteiger partial charge in [-0.3, -0.25) is 9.78 Å². The molecule has 1 atom stereocenters. The molecule has 1 heterocycles. The SMILES string of the molecule is Bc1cncc(C(N)(CCCC)C(=O)NC)c1. The van der Waals surface area contributed by atoms with E-state index in [0.717, 1.165) is 23.9 Å². The Morgan fingerprint density at radius 2 is 2.29 bits per heavy atom. The predicted octanol–water partition coefficient (Wildman–Crippen LogP) is -0.570. The van der Waals surface area contributed by atoms with E-state index in [9.17, 15) is 4.79 Å². The molecule has 0 aliphatic heterocycles. The van der Waals surface area contributed by atoms with Crippen molar-refractivity contribution in [2.75, 3.05) is 7.05 Å². The number of nitrogens with two attached hydrogens (primary N) is 1. The topological polar surface area (TPSA) is 68.0 Å². The summed E-state index contributed by atoms with van der Waals surface area (Å²) in [6.45, 7) is 2.08. The smallest absolute Gasteiger partial charge is 0.244 e. The van der Waals surface area contributed by atoms with Gasteiger partial charge in [-0.05, 0) is 12.0 Å². The Hall–Kier alpha value is -1.36. The predicted molar refractivity (Wildman–Crippen MR) is 71.9 cm³/mol. The van der Waals surface area contributed by atoms with E-state index in [2.05, 4.69) is 17.2 Å². The van der Waals surface area contributed by atoms with Crippen LogP contribution in [-0.2, 0) is 10.3 Å². The summed E-state index contributed by atoms with van der Waals surface area (Å²) in [4.78, 5) is 16.1. The number of carbonyl (C=O) groups excluding carboxylic acids is 1. The molecule has 1 aromatic rings. The second-order valence-electron chi connectivity index (χ2n) is 4.40. The van der Waals surface area contributed by atoms with Gasteiger partial charge in [0.2, 0.25) is 5.91 Å². The quantitative estimate of drug-likeness (QED) is 0.669. The van der Waals surface area contributed by atoms with E-state index < -0.39 is 5.54 Å². The van der Waals surface area contributed by atoms with E-state index in [1.807, 2.05) is 13.9 Å². The standard InChI is InChI=1S/C12H20BN3O/c1-3-4-5-12(14,11(17)15-2)9-6-10(13)8-16-7-9/h6-8H,3-5,13-14H2,1-2H3,(H,15,17). The van der Waals surface area contributed by atoms with Crippen molar-refractivity contribution in [2.24, 2.45) is 5.73 Å². The monoisotopic (exact) mass is 233 g/mol. The summed E-state index contributed by atoms with van der Waals surface area (Å²) in [5.41, 5.74) is 7.10. The minimum absolute atomic E-state index is 0.154. The molecule has 0 spiro atoms. The molecule has 0 bridgehead atoms. The van der Waals surface area contributed by atoms with Gasteiger partial charge in [0.25, 0.3) is 0 Å². The average molecular weight is 233 g/mol. The van der Waals surface area contributed by atoms with Crippen LogP contribution < -0.4 is 16.5 Å². The fraction of sp³-hybridized carbons (Fsp3) is 0.500. The molecule has 0 aromatic carbocycles. The third-order valence-corrected chi connectivity index (χ3v) is 2.95. The summed E-state index contributed by atoms with van der Waals surface area (Å²) in [5.74, 6) is -0.154. The van der Waals surface area contributed by atoms with Gasteiger partial charge in [-0.2, -0.15) is 0 Å². The zero-order chi connectivity index (χ0) is 12.9. The molecule has 1 unspecified atom stereocenters. The van der Waals surface area contributed by atoms with Crippen LogP contribution in [-0.4, -0.2) is 25.8 Å². The molecule has 1 rings (SSSR count). The fourth-order valence-electron chi connectivity index (χ4n) is 1.87. The van der Waals surface area contributed by atoms with Crippen molar-refractivity contribution in [3.05, 3.63) is 24.0 Å². The van der Waals surface area contributed by atoms with Gasteiger partial charge in [-0.25, -0.2) is 0 Å². The Kier molecular flexibility index (Phi) is 4.69. The second-order valence-corrected chi connectivity index (χ2v) is 4.40. The molecule has 3 N–H and O–H groups in total. The summed E-state index contributed by atoms with van der Waals surface area (Å²) in [6, 6.07) is 1.93. The fourth-order valence-corrected chi connectivity index (χ4v) is 1.87. The van der Waals surface area contributed by atoms with E-state index in [4.69, 9.17) is 5.73 Å². The number of pyridine rings is 1. The third kappa shape index (κ3) is 3.06. The first-order valence-corrected chi connectivity index (χ1v) is 5.97. The number of hydrogen-bond acceptors (Lipinski definition) is 3. The number of nitrogens with zero attached hydrogens (tertiary/aromatic N) is 1. The van der Waals surface area contributed by atoms with Crippen LogP contribution in [0, 0.1) is 0 Å².